The van der Waals surface area contributed by atoms with Crippen LogP contribution in [0, 0.1) is 0 Å². The van der Waals surface area contributed by atoms with Gasteiger partial charge in [-0.2, -0.15) is 0 Å². The molecular formula is C6H3BrN2S. The minimum atomic E-state index is 0.913. The van der Waals surface area contributed by atoms with Crippen LogP contribution in [0.3, 0.4) is 0 Å². The van der Waals surface area contributed by atoms with E-state index in [1.165, 1.54) is 0 Å². The van der Waals surface area contributed by atoms with Crippen molar-refractivity contribution in [3.63, 3.8) is 0 Å². The Labute approximate surface area is 70.1 Å². The van der Waals surface area contributed by atoms with Crippen molar-refractivity contribution in [2.75, 3.05) is 0 Å². The molecule has 0 atom stereocenters. The number of thiazole rings is 1. The summed E-state index contributed by atoms with van der Waals surface area (Å²) in [5, 5.41) is 0. The van der Waals surface area contributed by atoms with Crippen molar-refractivity contribution in [1.82, 2.24) is 9.97 Å². The van der Waals surface area contributed by atoms with Gasteiger partial charge in [-0.15, -0.1) is 11.3 Å². The molecule has 2 rings (SSSR count). The lowest BCUT2D eigenvalue weighted by molar-refractivity contribution is 1.35. The van der Waals surface area contributed by atoms with E-state index in [1.807, 2.05) is 12.3 Å². The van der Waals surface area contributed by atoms with E-state index in [1.54, 1.807) is 17.5 Å². The number of fused-ring (bicyclic) bond motifs is 1. The van der Waals surface area contributed by atoms with Gasteiger partial charge in [0.15, 0.2) is 3.92 Å². The molecule has 0 unspecified atom stereocenters. The Morgan fingerprint density at radius 1 is 1.50 bits per heavy atom. The van der Waals surface area contributed by atoms with Crippen molar-refractivity contribution >= 4 is 37.5 Å². The zero-order valence-corrected chi connectivity index (χ0v) is 7.32. The summed E-state index contributed by atoms with van der Waals surface area (Å²) >= 11 is 4.90. The highest BCUT2D eigenvalue weighted by Crippen LogP contribution is 2.24. The molecule has 0 amide bonds. The summed E-state index contributed by atoms with van der Waals surface area (Å²) in [6, 6.07) is 1.90. The molecule has 2 heterocycles. The molecule has 2 aromatic heterocycles. The van der Waals surface area contributed by atoms with Crippen molar-refractivity contribution in [1.29, 1.82) is 0 Å². The molecule has 2 nitrogen and oxygen atoms in total. The lowest BCUT2D eigenvalue weighted by atomic mass is 10.5. The Balaban J connectivity index is 2.88. The Bertz CT molecular complexity index is 324. The van der Waals surface area contributed by atoms with Crippen LogP contribution in [0.5, 0.6) is 0 Å². The van der Waals surface area contributed by atoms with E-state index >= 15 is 0 Å². The van der Waals surface area contributed by atoms with E-state index in [2.05, 4.69) is 25.9 Å². The van der Waals surface area contributed by atoms with Crippen LogP contribution in [0.25, 0.3) is 10.2 Å². The predicted molar refractivity (Wildman–Crippen MR) is 45.1 cm³/mol. The molecule has 0 aliphatic carbocycles. The summed E-state index contributed by atoms with van der Waals surface area (Å²) in [7, 11) is 0. The van der Waals surface area contributed by atoms with Crippen LogP contribution in [0.2, 0.25) is 0 Å². The average Bonchev–Trinajstić information content (AvgIpc) is 2.27. The zero-order chi connectivity index (χ0) is 6.97. The van der Waals surface area contributed by atoms with E-state index < -0.39 is 0 Å². The SMILES string of the molecule is Brc1nc2ccncc2s1. The van der Waals surface area contributed by atoms with Crippen LogP contribution in [0.1, 0.15) is 0 Å². The summed E-state index contributed by atoms with van der Waals surface area (Å²) in [4.78, 5) is 8.18. The largest absolute Gasteiger partial charge is 0.263 e. The molecule has 10 heavy (non-hydrogen) atoms. The molecule has 0 saturated heterocycles. The molecular weight excluding hydrogens is 212 g/mol. The minimum absolute atomic E-state index is 0.913. The first-order chi connectivity index (χ1) is 4.86. The minimum Gasteiger partial charge on any atom is -0.263 e. The van der Waals surface area contributed by atoms with Crippen LogP contribution < -0.4 is 0 Å². The summed E-state index contributed by atoms with van der Waals surface area (Å²) in [5.74, 6) is 0. The summed E-state index contributed by atoms with van der Waals surface area (Å²) < 4.78 is 2.03. The molecule has 0 aliphatic rings. The second-order valence-electron chi connectivity index (χ2n) is 1.81. The van der Waals surface area contributed by atoms with Gasteiger partial charge in [-0.1, -0.05) is 0 Å². The molecule has 0 saturated carbocycles. The van der Waals surface area contributed by atoms with E-state index in [4.69, 9.17) is 0 Å². The summed E-state index contributed by atoms with van der Waals surface area (Å²) in [6.45, 7) is 0. The number of hydrogen-bond acceptors (Lipinski definition) is 3. The molecule has 2 aromatic rings. The van der Waals surface area contributed by atoms with Gasteiger partial charge in [-0.05, 0) is 22.0 Å². The van der Waals surface area contributed by atoms with Crippen LogP contribution in [-0.2, 0) is 0 Å². The lowest BCUT2D eigenvalue weighted by Crippen LogP contribution is -1.67. The zero-order valence-electron chi connectivity index (χ0n) is 4.91. The number of halogens is 1. The van der Waals surface area contributed by atoms with E-state index in [-0.39, 0.29) is 0 Å². The quantitative estimate of drug-likeness (QED) is 0.674. The number of nitrogens with zero attached hydrogens (tertiary/aromatic N) is 2. The van der Waals surface area contributed by atoms with Gasteiger partial charge in [0, 0.05) is 12.4 Å². The van der Waals surface area contributed by atoms with E-state index in [9.17, 15) is 0 Å². The third-order valence-corrected chi connectivity index (χ3v) is 2.62. The molecule has 0 N–H and O–H groups in total. The topological polar surface area (TPSA) is 25.8 Å². The molecule has 50 valence electrons. The number of aromatic nitrogens is 2. The van der Waals surface area contributed by atoms with Crippen LogP contribution in [-0.4, -0.2) is 9.97 Å². The molecule has 0 aliphatic heterocycles. The molecule has 0 spiro atoms. The van der Waals surface area contributed by atoms with Crippen molar-refractivity contribution in [3.05, 3.63) is 22.4 Å². The Morgan fingerprint density at radius 3 is 3.20 bits per heavy atom. The van der Waals surface area contributed by atoms with Crippen molar-refractivity contribution in [3.8, 4) is 0 Å². The Morgan fingerprint density at radius 2 is 2.40 bits per heavy atom. The highest BCUT2D eigenvalue weighted by Gasteiger charge is 1.97. The van der Waals surface area contributed by atoms with E-state index in [0.29, 0.717) is 0 Å². The second-order valence-corrected chi connectivity index (χ2v) is 4.12. The summed E-state index contributed by atoms with van der Waals surface area (Å²) in [6.07, 6.45) is 3.56. The first-order valence-electron chi connectivity index (χ1n) is 2.72. The van der Waals surface area contributed by atoms with Gasteiger partial charge >= 0.3 is 0 Å². The normalized spacial score (nSPS) is 10.5. The van der Waals surface area contributed by atoms with Gasteiger partial charge in [-0.3, -0.25) is 4.98 Å². The fourth-order valence-electron chi connectivity index (χ4n) is 0.752. The fourth-order valence-corrected chi connectivity index (χ4v) is 2.12. The first-order valence-corrected chi connectivity index (χ1v) is 4.33. The highest BCUT2D eigenvalue weighted by molar-refractivity contribution is 9.11. The van der Waals surface area contributed by atoms with Crippen LogP contribution in [0.4, 0.5) is 0 Å². The fraction of sp³-hybridized carbons (Fsp3) is 0. The first kappa shape index (κ1) is 6.24. The smallest absolute Gasteiger partial charge is 0.160 e. The molecule has 0 bridgehead atoms. The van der Waals surface area contributed by atoms with Crippen molar-refractivity contribution < 1.29 is 0 Å². The molecule has 0 aromatic carbocycles. The average molecular weight is 215 g/mol. The third kappa shape index (κ3) is 0.932. The maximum absolute atomic E-state index is 4.21. The molecule has 4 heteroatoms. The van der Waals surface area contributed by atoms with Gasteiger partial charge in [-0.25, -0.2) is 4.98 Å². The van der Waals surface area contributed by atoms with Gasteiger partial charge < -0.3 is 0 Å². The third-order valence-electron chi connectivity index (χ3n) is 1.17. The Kier molecular flexibility index (Phi) is 1.43. The Hall–Kier alpha value is -0.480. The van der Waals surface area contributed by atoms with E-state index in [0.717, 1.165) is 14.1 Å². The number of pyridine rings is 1. The standard InChI is InChI=1S/C6H3BrN2S/c7-6-9-4-1-2-8-3-5(4)10-6/h1-3H. The predicted octanol–water partition coefficient (Wildman–Crippen LogP) is 2.45. The lowest BCUT2D eigenvalue weighted by Gasteiger charge is -1.79. The van der Waals surface area contributed by atoms with Crippen molar-refractivity contribution in [2.45, 2.75) is 0 Å². The number of hydrogen-bond donors (Lipinski definition) is 0. The molecule has 0 radical (unpaired) electrons. The van der Waals surface area contributed by atoms with Crippen LogP contribution >= 0.6 is 27.3 Å². The highest BCUT2D eigenvalue weighted by atomic mass is 79.9. The van der Waals surface area contributed by atoms with Crippen LogP contribution in [0.15, 0.2) is 22.4 Å². The number of rotatable bonds is 0. The van der Waals surface area contributed by atoms with Gasteiger partial charge in [0.2, 0.25) is 0 Å². The van der Waals surface area contributed by atoms with Gasteiger partial charge in [0.1, 0.15) is 0 Å². The second kappa shape index (κ2) is 2.29. The molecule has 0 fully saturated rings. The monoisotopic (exact) mass is 214 g/mol. The maximum atomic E-state index is 4.21. The van der Waals surface area contributed by atoms with Crippen molar-refractivity contribution in [2.24, 2.45) is 0 Å². The summed E-state index contributed by atoms with van der Waals surface area (Å²) in [5.41, 5.74) is 1.01. The van der Waals surface area contributed by atoms with Gasteiger partial charge in [0.05, 0.1) is 10.2 Å². The maximum Gasteiger partial charge on any atom is 0.160 e. The van der Waals surface area contributed by atoms with Gasteiger partial charge in [0.25, 0.3) is 0 Å².